The molecule has 2 aliphatic rings. The number of amides is 1. The molecule has 0 radical (unpaired) electrons. The predicted octanol–water partition coefficient (Wildman–Crippen LogP) is 2.72. The van der Waals surface area contributed by atoms with Gasteiger partial charge in [0.1, 0.15) is 5.82 Å². The molecule has 1 aromatic carbocycles. The van der Waals surface area contributed by atoms with Gasteiger partial charge in [-0.1, -0.05) is 0 Å². The van der Waals surface area contributed by atoms with E-state index in [1.807, 2.05) is 6.07 Å². The minimum atomic E-state index is -4.80. The van der Waals surface area contributed by atoms with E-state index < -0.39 is 25.0 Å². The SMILES string of the molecule is O=C(O[C@H](CO)C(F)(F)F)N1C[C@@H]2C(c3ccn(-c4ccc([18F])cc4)n3)[C@@H]2C1. The fourth-order valence-corrected chi connectivity index (χ4v) is 3.77. The van der Waals surface area contributed by atoms with Crippen molar-refractivity contribution in [3.8, 4) is 5.69 Å². The van der Waals surface area contributed by atoms with Crippen LogP contribution in [0.25, 0.3) is 5.69 Å². The topological polar surface area (TPSA) is 67.6 Å². The van der Waals surface area contributed by atoms with Gasteiger partial charge in [-0.25, -0.2) is 13.9 Å². The van der Waals surface area contributed by atoms with E-state index in [1.165, 1.54) is 17.0 Å². The van der Waals surface area contributed by atoms with Crippen molar-refractivity contribution in [2.45, 2.75) is 18.2 Å². The first-order valence-electron chi connectivity index (χ1n) is 8.72. The van der Waals surface area contributed by atoms with Crippen molar-refractivity contribution in [2.24, 2.45) is 11.8 Å². The summed E-state index contributed by atoms with van der Waals surface area (Å²) in [6, 6.07) is 7.74. The Morgan fingerprint density at radius 2 is 1.86 bits per heavy atom. The number of aromatic nitrogens is 2. The molecule has 1 amide bonds. The number of halogens is 4. The van der Waals surface area contributed by atoms with E-state index in [0.29, 0.717) is 5.69 Å². The number of hydrogen-bond donors (Lipinski definition) is 1. The number of benzene rings is 1. The lowest BCUT2D eigenvalue weighted by Crippen LogP contribution is -2.42. The molecule has 2 fully saturated rings. The van der Waals surface area contributed by atoms with Crippen molar-refractivity contribution in [2.75, 3.05) is 19.7 Å². The van der Waals surface area contributed by atoms with Gasteiger partial charge in [0, 0.05) is 25.2 Å². The highest BCUT2D eigenvalue weighted by Crippen LogP contribution is 2.57. The zero-order valence-electron chi connectivity index (χ0n) is 14.5. The molecule has 4 atom stereocenters. The Labute approximate surface area is 157 Å². The highest BCUT2D eigenvalue weighted by molar-refractivity contribution is 5.69. The Morgan fingerprint density at radius 3 is 2.43 bits per heavy atom. The monoisotopic (exact) mass is 398 g/mol. The van der Waals surface area contributed by atoms with Crippen LogP contribution in [0.2, 0.25) is 0 Å². The molecule has 1 aliphatic carbocycles. The van der Waals surface area contributed by atoms with Gasteiger partial charge in [0.25, 0.3) is 0 Å². The minimum absolute atomic E-state index is 0.114. The maximum absolute atomic E-state index is 13.0. The molecule has 6 nitrogen and oxygen atoms in total. The molecule has 10 heteroatoms. The number of likely N-dealkylation sites (tertiary alicyclic amines) is 1. The van der Waals surface area contributed by atoms with Gasteiger partial charge in [0.15, 0.2) is 0 Å². The molecule has 4 rings (SSSR count). The summed E-state index contributed by atoms with van der Waals surface area (Å²) < 4.78 is 56.9. The van der Waals surface area contributed by atoms with E-state index in [0.717, 1.165) is 5.69 Å². The number of hydrogen-bond acceptors (Lipinski definition) is 4. The van der Waals surface area contributed by atoms with Crippen LogP contribution in [0.5, 0.6) is 0 Å². The second-order valence-electron chi connectivity index (χ2n) is 7.02. The first-order chi connectivity index (χ1) is 13.3. The van der Waals surface area contributed by atoms with Crippen molar-refractivity contribution in [3.05, 3.63) is 48.0 Å². The maximum atomic E-state index is 13.0. The summed E-state index contributed by atoms with van der Waals surface area (Å²) in [6.45, 7) is -0.736. The average molecular weight is 398 g/mol. The number of aliphatic hydroxyl groups excluding tert-OH is 1. The normalized spacial score (nSPS) is 24.8. The number of aliphatic hydroxyl groups is 1. The molecule has 1 saturated carbocycles. The highest BCUT2D eigenvalue weighted by Gasteiger charge is 2.59. The average Bonchev–Trinajstić information content (AvgIpc) is 3.04. The van der Waals surface area contributed by atoms with Crippen LogP contribution in [0.15, 0.2) is 36.5 Å². The highest BCUT2D eigenvalue weighted by atomic mass is 19.4. The van der Waals surface area contributed by atoms with Crippen LogP contribution in [0.3, 0.4) is 0 Å². The van der Waals surface area contributed by atoms with Crippen molar-refractivity contribution >= 4 is 6.09 Å². The molecule has 28 heavy (non-hydrogen) atoms. The number of nitrogens with zero attached hydrogens (tertiary/aromatic N) is 3. The van der Waals surface area contributed by atoms with Crippen LogP contribution in [-0.2, 0) is 4.74 Å². The molecule has 0 spiro atoms. The van der Waals surface area contributed by atoms with Gasteiger partial charge in [0.05, 0.1) is 18.0 Å². The largest absolute Gasteiger partial charge is 0.434 e. The van der Waals surface area contributed by atoms with Gasteiger partial charge in [-0.05, 0) is 42.2 Å². The molecule has 1 N–H and O–H groups in total. The van der Waals surface area contributed by atoms with Crippen LogP contribution >= 0.6 is 0 Å². The van der Waals surface area contributed by atoms with Gasteiger partial charge in [-0.15, -0.1) is 0 Å². The second-order valence-corrected chi connectivity index (χ2v) is 7.02. The van der Waals surface area contributed by atoms with Crippen molar-refractivity contribution in [3.63, 3.8) is 0 Å². The molecule has 2 aromatic rings. The number of alkyl halides is 3. The Morgan fingerprint density at radius 1 is 1.21 bits per heavy atom. The quantitative estimate of drug-likeness (QED) is 0.805. The molecule has 2 heterocycles. The molecule has 1 aromatic heterocycles. The van der Waals surface area contributed by atoms with E-state index >= 15 is 0 Å². The number of rotatable bonds is 4. The molecule has 0 bridgehead atoms. The van der Waals surface area contributed by atoms with Crippen molar-refractivity contribution in [1.29, 1.82) is 0 Å². The van der Waals surface area contributed by atoms with Gasteiger partial charge in [0.2, 0.25) is 6.10 Å². The van der Waals surface area contributed by atoms with Gasteiger partial charge in [-0.3, -0.25) is 0 Å². The maximum Gasteiger partial charge on any atom is 0.427 e. The van der Waals surface area contributed by atoms with Gasteiger partial charge in [-0.2, -0.15) is 18.3 Å². The fraction of sp³-hybridized carbons (Fsp3) is 0.444. The zero-order valence-corrected chi connectivity index (χ0v) is 14.5. The van der Waals surface area contributed by atoms with E-state index in [9.17, 15) is 22.4 Å². The number of ether oxygens (including phenoxy) is 1. The van der Waals surface area contributed by atoms with Crippen LogP contribution in [0.4, 0.5) is 22.4 Å². The van der Waals surface area contributed by atoms with Crippen molar-refractivity contribution < 1.29 is 32.2 Å². The summed E-state index contributed by atoms with van der Waals surface area (Å²) in [6.07, 6.45) is -6.63. The number of carbonyl (C=O) groups is 1. The minimum Gasteiger partial charge on any atom is -0.434 e. The molecule has 1 aliphatic heterocycles. The van der Waals surface area contributed by atoms with Crippen LogP contribution in [-0.4, -0.2) is 57.9 Å². The zero-order chi connectivity index (χ0) is 20.1. The standard InChI is InChI=1S/C18H17F4N3O3/c19-10-1-3-11(4-2-10)25-6-5-14(23-25)16-12-7-24(8-13(12)16)17(27)28-15(9-26)18(20,21)22/h1-6,12-13,15-16,26H,7-9H2/t12-,13+,15-,16?/m1/s1/i19-1. The summed E-state index contributed by atoms with van der Waals surface area (Å²) >= 11 is 0. The Balaban J connectivity index is 1.35. The lowest BCUT2D eigenvalue weighted by molar-refractivity contribution is -0.214. The first kappa shape index (κ1) is 18.7. The third-order valence-electron chi connectivity index (χ3n) is 5.27. The van der Waals surface area contributed by atoms with E-state index in [-0.39, 0.29) is 36.7 Å². The fourth-order valence-electron chi connectivity index (χ4n) is 3.77. The lowest BCUT2D eigenvalue weighted by Gasteiger charge is -2.24. The van der Waals surface area contributed by atoms with E-state index in [1.54, 1.807) is 23.0 Å². The third-order valence-corrected chi connectivity index (χ3v) is 5.27. The Hall–Kier alpha value is -2.62. The summed E-state index contributed by atoms with van der Waals surface area (Å²) in [7, 11) is 0. The summed E-state index contributed by atoms with van der Waals surface area (Å²) in [5.41, 5.74) is 1.54. The van der Waals surface area contributed by atoms with Crippen molar-refractivity contribution in [1.82, 2.24) is 14.7 Å². The molecule has 1 unspecified atom stereocenters. The summed E-state index contributed by atoms with van der Waals surface area (Å²) in [5.74, 6) is 0.0148. The molecular weight excluding hydrogens is 381 g/mol. The number of fused-ring (bicyclic) bond motifs is 1. The molecular formula is C18H17F4N3O3. The summed E-state index contributed by atoms with van der Waals surface area (Å²) in [4.78, 5) is 13.2. The predicted molar refractivity (Wildman–Crippen MR) is 88.2 cm³/mol. The Bertz CT molecular complexity index is 856. The van der Waals surface area contributed by atoms with E-state index in [2.05, 4.69) is 9.84 Å². The number of piperidine rings is 1. The van der Waals surface area contributed by atoms with Gasteiger partial charge < -0.3 is 14.7 Å². The van der Waals surface area contributed by atoms with Crippen LogP contribution in [0, 0.1) is 17.7 Å². The number of carbonyl (C=O) groups excluding carboxylic acids is 1. The molecule has 1 saturated heterocycles. The smallest absolute Gasteiger partial charge is 0.427 e. The van der Waals surface area contributed by atoms with E-state index in [4.69, 9.17) is 5.11 Å². The lowest BCUT2D eigenvalue weighted by atomic mass is 10.2. The van der Waals surface area contributed by atoms with Crippen LogP contribution in [0.1, 0.15) is 11.6 Å². The first-order valence-corrected chi connectivity index (χ1v) is 8.72. The third kappa shape index (κ3) is 3.44. The van der Waals surface area contributed by atoms with Crippen LogP contribution < -0.4 is 0 Å². The summed E-state index contributed by atoms with van der Waals surface area (Å²) in [5, 5.41) is 13.3. The molecule has 150 valence electrons. The Kier molecular flexibility index (Phi) is 4.53. The second kappa shape index (κ2) is 6.77. The van der Waals surface area contributed by atoms with Gasteiger partial charge >= 0.3 is 12.3 Å².